The lowest BCUT2D eigenvalue weighted by molar-refractivity contribution is -0.118. The van der Waals surface area contributed by atoms with Crippen molar-refractivity contribution in [1.82, 2.24) is 0 Å². The minimum atomic E-state index is -0.503. The number of carbonyl (C=O) groups excluding carboxylic acids is 2. The standard InChI is InChI=1S/C20H23NO4/c1-4-14(2)15-9-11-16(12-10-15)21-19(22)13-25-18-8-6-5-7-17(18)20(23)24-3/h5-12,14H,4,13H2,1-3H3,(H,21,22)/t14-/m1/s1. The number of hydrogen-bond donors (Lipinski definition) is 1. The molecule has 5 heteroatoms. The Labute approximate surface area is 148 Å². The summed E-state index contributed by atoms with van der Waals surface area (Å²) in [7, 11) is 1.30. The number of rotatable bonds is 7. The van der Waals surface area contributed by atoms with E-state index in [1.54, 1.807) is 24.3 Å². The Hall–Kier alpha value is -2.82. The van der Waals surface area contributed by atoms with Gasteiger partial charge < -0.3 is 14.8 Å². The van der Waals surface area contributed by atoms with Crippen molar-refractivity contribution in [2.24, 2.45) is 0 Å². The van der Waals surface area contributed by atoms with E-state index >= 15 is 0 Å². The molecule has 0 aromatic heterocycles. The molecule has 0 fully saturated rings. The predicted octanol–water partition coefficient (Wildman–Crippen LogP) is 4.00. The summed E-state index contributed by atoms with van der Waals surface area (Å²) in [6, 6.07) is 14.4. The van der Waals surface area contributed by atoms with Crippen LogP contribution < -0.4 is 10.1 Å². The van der Waals surface area contributed by atoms with Crippen molar-refractivity contribution in [3.05, 3.63) is 59.7 Å². The quantitative estimate of drug-likeness (QED) is 0.773. The molecule has 5 nitrogen and oxygen atoms in total. The van der Waals surface area contributed by atoms with Gasteiger partial charge in [-0.15, -0.1) is 0 Å². The van der Waals surface area contributed by atoms with Crippen LogP contribution in [0.2, 0.25) is 0 Å². The van der Waals surface area contributed by atoms with Gasteiger partial charge in [0.25, 0.3) is 5.91 Å². The first-order valence-corrected chi connectivity index (χ1v) is 8.25. The highest BCUT2D eigenvalue weighted by atomic mass is 16.5. The molecule has 25 heavy (non-hydrogen) atoms. The Balaban J connectivity index is 1.94. The third kappa shape index (κ3) is 5.08. The second kappa shape index (κ2) is 8.87. The molecule has 0 bridgehead atoms. The van der Waals surface area contributed by atoms with Gasteiger partial charge in [-0.25, -0.2) is 4.79 Å². The van der Waals surface area contributed by atoms with Crippen LogP contribution in [0.1, 0.15) is 42.1 Å². The average molecular weight is 341 g/mol. The summed E-state index contributed by atoms with van der Waals surface area (Å²) < 4.78 is 10.2. The normalized spacial score (nSPS) is 11.5. The zero-order valence-electron chi connectivity index (χ0n) is 14.7. The summed E-state index contributed by atoms with van der Waals surface area (Å²) >= 11 is 0. The first kappa shape index (κ1) is 18.5. The van der Waals surface area contributed by atoms with Crippen molar-refractivity contribution >= 4 is 17.6 Å². The Morgan fingerprint density at radius 2 is 1.76 bits per heavy atom. The van der Waals surface area contributed by atoms with E-state index < -0.39 is 5.97 Å². The number of ether oxygens (including phenoxy) is 2. The SMILES string of the molecule is CC[C@@H](C)c1ccc(NC(=O)COc2ccccc2C(=O)OC)cc1. The Morgan fingerprint density at radius 3 is 2.40 bits per heavy atom. The monoisotopic (exact) mass is 341 g/mol. The molecule has 2 aromatic rings. The molecular weight excluding hydrogens is 318 g/mol. The maximum atomic E-state index is 12.1. The van der Waals surface area contributed by atoms with Gasteiger partial charge in [-0.05, 0) is 42.2 Å². The van der Waals surface area contributed by atoms with E-state index in [0.717, 1.165) is 6.42 Å². The molecule has 0 unspecified atom stereocenters. The topological polar surface area (TPSA) is 64.6 Å². The van der Waals surface area contributed by atoms with Crippen molar-refractivity contribution in [2.75, 3.05) is 19.0 Å². The van der Waals surface area contributed by atoms with Crippen LogP contribution in [0.3, 0.4) is 0 Å². The summed E-state index contributed by atoms with van der Waals surface area (Å²) in [6.07, 6.45) is 1.07. The number of nitrogens with one attached hydrogen (secondary N) is 1. The van der Waals surface area contributed by atoms with Crippen molar-refractivity contribution in [2.45, 2.75) is 26.2 Å². The summed E-state index contributed by atoms with van der Waals surface area (Å²) in [5, 5.41) is 2.78. The maximum absolute atomic E-state index is 12.1. The van der Waals surface area contributed by atoms with Gasteiger partial charge >= 0.3 is 5.97 Å². The van der Waals surface area contributed by atoms with E-state index in [1.807, 2.05) is 24.3 Å². The lowest BCUT2D eigenvalue weighted by atomic mass is 9.99. The minimum absolute atomic E-state index is 0.193. The molecule has 0 spiro atoms. The van der Waals surface area contributed by atoms with Gasteiger partial charge in [0, 0.05) is 5.69 Å². The lowest BCUT2D eigenvalue weighted by Gasteiger charge is -2.12. The van der Waals surface area contributed by atoms with Crippen LogP contribution >= 0.6 is 0 Å². The molecule has 0 aliphatic carbocycles. The van der Waals surface area contributed by atoms with Crippen molar-refractivity contribution in [3.63, 3.8) is 0 Å². The first-order chi connectivity index (χ1) is 12.0. The van der Waals surface area contributed by atoms with Crippen LogP contribution in [0, 0.1) is 0 Å². The maximum Gasteiger partial charge on any atom is 0.341 e. The van der Waals surface area contributed by atoms with Crippen LogP contribution in [0.15, 0.2) is 48.5 Å². The van der Waals surface area contributed by atoms with E-state index in [4.69, 9.17) is 9.47 Å². The van der Waals surface area contributed by atoms with Gasteiger partial charge in [0.1, 0.15) is 11.3 Å². The van der Waals surface area contributed by atoms with Gasteiger partial charge in [0.15, 0.2) is 6.61 Å². The molecule has 0 saturated carbocycles. The third-order valence-corrected chi connectivity index (χ3v) is 4.03. The van der Waals surface area contributed by atoms with Crippen molar-refractivity contribution < 1.29 is 19.1 Å². The smallest absolute Gasteiger partial charge is 0.341 e. The van der Waals surface area contributed by atoms with Crippen LogP contribution in [0.5, 0.6) is 5.75 Å². The molecule has 2 aromatic carbocycles. The van der Waals surface area contributed by atoms with E-state index in [-0.39, 0.29) is 18.1 Å². The van der Waals surface area contributed by atoms with Gasteiger partial charge in [0.05, 0.1) is 7.11 Å². The van der Waals surface area contributed by atoms with Crippen LogP contribution in [-0.4, -0.2) is 25.6 Å². The number of carbonyl (C=O) groups is 2. The fourth-order valence-electron chi connectivity index (χ4n) is 2.34. The molecule has 0 heterocycles. The number of hydrogen-bond acceptors (Lipinski definition) is 4. The highest BCUT2D eigenvalue weighted by molar-refractivity contribution is 5.94. The van der Waals surface area contributed by atoms with Crippen LogP contribution in [-0.2, 0) is 9.53 Å². The zero-order chi connectivity index (χ0) is 18.2. The van der Waals surface area contributed by atoms with Gasteiger partial charge in [-0.1, -0.05) is 38.1 Å². The number of esters is 1. The zero-order valence-corrected chi connectivity index (χ0v) is 14.7. The molecule has 0 radical (unpaired) electrons. The lowest BCUT2D eigenvalue weighted by Crippen LogP contribution is -2.21. The summed E-state index contributed by atoms with van der Waals surface area (Å²) in [5.74, 6) is 0.00660. The number of methoxy groups -OCH3 is 1. The first-order valence-electron chi connectivity index (χ1n) is 8.25. The summed E-state index contributed by atoms with van der Waals surface area (Å²) in [5.41, 5.74) is 2.24. The fraction of sp³-hybridized carbons (Fsp3) is 0.300. The second-order valence-corrected chi connectivity index (χ2v) is 5.76. The minimum Gasteiger partial charge on any atom is -0.483 e. The molecule has 1 amide bonds. The fourth-order valence-corrected chi connectivity index (χ4v) is 2.34. The summed E-state index contributed by atoms with van der Waals surface area (Å²) in [4.78, 5) is 23.7. The average Bonchev–Trinajstić information content (AvgIpc) is 2.66. The Bertz CT molecular complexity index is 725. The van der Waals surface area contributed by atoms with Crippen LogP contribution in [0.25, 0.3) is 0 Å². The largest absolute Gasteiger partial charge is 0.483 e. The highest BCUT2D eigenvalue weighted by Gasteiger charge is 2.13. The number of para-hydroxylation sites is 1. The molecular formula is C20H23NO4. The molecule has 1 N–H and O–H groups in total. The third-order valence-electron chi connectivity index (χ3n) is 4.03. The highest BCUT2D eigenvalue weighted by Crippen LogP contribution is 2.21. The van der Waals surface area contributed by atoms with Crippen LogP contribution in [0.4, 0.5) is 5.69 Å². The van der Waals surface area contributed by atoms with Gasteiger partial charge in [-0.3, -0.25) is 4.79 Å². The molecule has 0 aliphatic rings. The molecule has 1 atom stereocenters. The van der Waals surface area contributed by atoms with E-state index in [1.165, 1.54) is 12.7 Å². The van der Waals surface area contributed by atoms with Crippen molar-refractivity contribution in [1.29, 1.82) is 0 Å². The molecule has 132 valence electrons. The molecule has 0 saturated heterocycles. The second-order valence-electron chi connectivity index (χ2n) is 5.76. The number of amides is 1. The Morgan fingerprint density at radius 1 is 1.08 bits per heavy atom. The molecule has 2 rings (SSSR count). The van der Waals surface area contributed by atoms with E-state index in [2.05, 4.69) is 19.2 Å². The van der Waals surface area contributed by atoms with Crippen molar-refractivity contribution in [3.8, 4) is 5.75 Å². The Kier molecular flexibility index (Phi) is 6.57. The summed E-state index contributed by atoms with van der Waals surface area (Å²) in [6.45, 7) is 4.12. The van der Waals surface area contributed by atoms with E-state index in [9.17, 15) is 9.59 Å². The predicted molar refractivity (Wildman–Crippen MR) is 97.1 cm³/mol. The number of benzene rings is 2. The van der Waals surface area contributed by atoms with Gasteiger partial charge in [0.2, 0.25) is 0 Å². The van der Waals surface area contributed by atoms with E-state index in [0.29, 0.717) is 17.4 Å². The van der Waals surface area contributed by atoms with Gasteiger partial charge in [-0.2, -0.15) is 0 Å². The number of anilines is 1. The molecule has 0 aliphatic heterocycles.